The fourth-order valence-corrected chi connectivity index (χ4v) is 2.58. The van der Waals surface area contributed by atoms with Gasteiger partial charge in [0.1, 0.15) is 0 Å². The molecule has 104 valence electrons. The van der Waals surface area contributed by atoms with Crippen LogP contribution in [0.15, 0.2) is 6.07 Å². The Kier molecular flexibility index (Phi) is 4.96. The monoisotopic (exact) mass is 303 g/mol. The average Bonchev–Trinajstić information content (AvgIpc) is 2.40. The molecule has 1 aliphatic rings. The lowest BCUT2D eigenvalue weighted by atomic mass is 9.86. The van der Waals surface area contributed by atoms with Crippen molar-refractivity contribution in [2.75, 3.05) is 6.54 Å². The van der Waals surface area contributed by atoms with Crippen LogP contribution in [0.3, 0.4) is 0 Å². The molecule has 0 aliphatic heterocycles. The number of rotatable bonds is 3. The number of halogens is 2. The maximum Gasteiger partial charge on any atom is 0.254 e. The Balaban J connectivity index is 1.95. The van der Waals surface area contributed by atoms with Gasteiger partial charge in [-0.3, -0.25) is 4.79 Å². The van der Waals surface area contributed by atoms with E-state index in [9.17, 15) is 9.90 Å². The van der Waals surface area contributed by atoms with Crippen molar-refractivity contribution >= 4 is 29.1 Å². The van der Waals surface area contributed by atoms with Gasteiger partial charge in [-0.1, -0.05) is 36.0 Å². The standard InChI is InChI=1S/C12H15Cl2N3O2/c13-10-5-8(11(14)17-16-10)12(19)15-6-7-3-1-2-4-9(7)18/h5,7,9,18H,1-4,6H2,(H,15,19). The van der Waals surface area contributed by atoms with Crippen molar-refractivity contribution in [3.63, 3.8) is 0 Å². The Labute approximate surface area is 121 Å². The predicted molar refractivity (Wildman–Crippen MR) is 72.4 cm³/mol. The number of carbonyl (C=O) groups is 1. The van der Waals surface area contributed by atoms with Crippen molar-refractivity contribution in [3.8, 4) is 0 Å². The van der Waals surface area contributed by atoms with Gasteiger partial charge in [0.05, 0.1) is 11.7 Å². The minimum absolute atomic E-state index is 0.0195. The van der Waals surface area contributed by atoms with Gasteiger partial charge in [0.2, 0.25) is 0 Å². The van der Waals surface area contributed by atoms with Crippen LogP contribution >= 0.6 is 23.2 Å². The van der Waals surface area contributed by atoms with E-state index in [1.165, 1.54) is 6.07 Å². The molecule has 7 heteroatoms. The van der Waals surface area contributed by atoms with Gasteiger partial charge in [0.25, 0.3) is 5.91 Å². The highest BCUT2D eigenvalue weighted by Gasteiger charge is 2.24. The summed E-state index contributed by atoms with van der Waals surface area (Å²) in [6.07, 6.45) is 3.50. The minimum Gasteiger partial charge on any atom is -0.393 e. The lowest BCUT2D eigenvalue weighted by Crippen LogP contribution is -2.36. The number of nitrogens with zero attached hydrogens (tertiary/aromatic N) is 2. The first-order valence-corrected chi connectivity index (χ1v) is 6.98. The SMILES string of the molecule is O=C(NCC1CCCCC1O)c1cc(Cl)nnc1Cl. The molecular formula is C12H15Cl2N3O2. The van der Waals surface area contributed by atoms with E-state index in [1.807, 2.05) is 0 Å². The zero-order valence-corrected chi connectivity index (χ0v) is 11.8. The number of nitrogens with one attached hydrogen (secondary N) is 1. The molecule has 1 aromatic heterocycles. The van der Waals surface area contributed by atoms with E-state index in [-0.39, 0.29) is 33.8 Å². The molecule has 5 nitrogen and oxygen atoms in total. The fourth-order valence-electron chi connectivity index (χ4n) is 2.26. The van der Waals surface area contributed by atoms with Gasteiger partial charge >= 0.3 is 0 Å². The second-order valence-electron chi connectivity index (χ2n) is 4.69. The van der Waals surface area contributed by atoms with E-state index in [0.717, 1.165) is 25.7 Å². The Morgan fingerprint density at radius 3 is 2.84 bits per heavy atom. The molecule has 2 atom stereocenters. The zero-order valence-electron chi connectivity index (χ0n) is 10.3. The molecule has 1 saturated carbocycles. The van der Waals surface area contributed by atoms with Crippen LogP contribution in [0.5, 0.6) is 0 Å². The van der Waals surface area contributed by atoms with E-state index in [4.69, 9.17) is 23.2 Å². The first kappa shape index (κ1) is 14.5. The Hall–Kier alpha value is -0.910. The molecular weight excluding hydrogens is 289 g/mol. The molecule has 1 heterocycles. The number of aliphatic hydroxyl groups excluding tert-OH is 1. The number of aromatic nitrogens is 2. The van der Waals surface area contributed by atoms with Crippen molar-refractivity contribution in [2.24, 2.45) is 5.92 Å². The van der Waals surface area contributed by atoms with Crippen LogP contribution in [0, 0.1) is 5.92 Å². The molecule has 0 bridgehead atoms. The third kappa shape index (κ3) is 3.78. The van der Waals surface area contributed by atoms with E-state index in [0.29, 0.717) is 6.54 Å². The summed E-state index contributed by atoms with van der Waals surface area (Å²) >= 11 is 11.5. The van der Waals surface area contributed by atoms with Crippen molar-refractivity contribution in [3.05, 3.63) is 21.9 Å². The van der Waals surface area contributed by atoms with E-state index in [2.05, 4.69) is 15.5 Å². The molecule has 2 N–H and O–H groups in total. The van der Waals surface area contributed by atoms with Crippen molar-refractivity contribution < 1.29 is 9.90 Å². The number of carbonyl (C=O) groups excluding carboxylic acids is 1. The lowest BCUT2D eigenvalue weighted by molar-refractivity contribution is 0.0663. The summed E-state index contributed by atoms with van der Waals surface area (Å²) in [5, 5.41) is 19.9. The highest BCUT2D eigenvalue weighted by Crippen LogP contribution is 2.24. The number of amides is 1. The van der Waals surface area contributed by atoms with Crippen molar-refractivity contribution in [1.82, 2.24) is 15.5 Å². The van der Waals surface area contributed by atoms with Gasteiger partial charge < -0.3 is 10.4 Å². The van der Waals surface area contributed by atoms with Crippen LogP contribution in [0.1, 0.15) is 36.0 Å². The molecule has 19 heavy (non-hydrogen) atoms. The third-order valence-electron chi connectivity index (χ3n) is 3.36. The lowest BCUT2D eigenvalue weighted by Gasteiger charge is -2.27. The zero-order chi connectivity index (χ0) is 13.8. The average molecular weight is 304 g/mol. The number of hydrogen-bond donors (Lipinski definition) is 2. The van der Waals surface area contributed by atoms with Crippen LogP contribution in [0.2, 0.25) is 10.3 Å². The summed E-state index contributed by atoms with van der Waals surface area (Å²) < 4.78 is 0. The Morgan fingerprint density at radius 2 is 2.11 bits per heavy atom. The summed E-state index contributed by atoms with van der Waals surface area (Å²) in [6, 6.07) is 1.38. The largest absolute Gasteiger partial charge is 0.393 e. The first-order chi connectivity index (χ1) is 9.08. The second-order valence-corrected chi connectivity index (χ2v) is 5.44. The predicted octanol–water partition coefficient (Wildman–Crippen LogP) is 2.06. The van der Waals surface area contributed by atoms with E-state index < -0.39 is 0 Å². The molecule has 1 aromatic rings. The Morgan fingerprint density at radius 1 is 1.37 bits per heavy atom. The van der Waals surface area contributed by atoms with Gasteiger partial charge in [-0.05, 0) is 18.9 Å². The Bertz CT molecular complexity index is 470. The van der Waals surface area contributed by atoms with Gasteiger partial charge in [0, 0.05) is 12.5 Å². The summed E-state index contributed by atoms with van der Waals surface area (Å²) in [5.74, 6) is -0.249. The molecule has 1 amide bonds. The maximum atomic E-state index is 12.0. The molecule has 0 spiro atoms. The normalized spacial score (nSPS) is 23.1. The molecule has 2 rings (SSSR count). The first-order valence-electron chi connectivity index (χ1n) is 6.23. The summed E-state index contributed by atoms with van der Waals surface area (Å²) in [4.78, 5) is 12.0. The molecule has 0 aromatic carbocycles. The van der Waals surface area contributed by atoms with Gasteiger partial charge in [-0.15, -0.1) is 10.2 Å². The van der Waals surface area contributed by atoms with Crippen LogP contribution in [0.25, 0.3) is 0 Å². The quantitative estimate of drug-likeness (QED) is 0.896. The number of hydrogen-bond acceptors (Lipinski definition) is 4. The van der Waals surface area contributed by atoms with Crippen LogP contribution < -0.4 is 5.32 Å². The fraction of sp³-hybridized carbons (Fsp3) is 0.583. The van der Waals surface area contributed by atoms with Crippen molar-refractivity contribution in [2.45, 2.75) is 31.8 Å². The van der Waals surface area contributed by atoms with Gasteiger partial charge in [-0.2, -0.15) is 0 Å². The summed E-state index contributed by atoms with van der Waals surface area (Å²) in [5.41, 5.74) is 0.201. The minimum atomic E-state index is -0.348. The highest BCUT2D eigenvalue weighted by atomic mass is 35.5. The highest BCUT2D eigenvalue weighted by molar-refractivity contribution is 6.34. The molecule has 0 saturated heterocycles. The topological polar surface area (TPSA) is 75.1 Å². The van der Waals surface area contributed by atoms with Crippen LogP contribution in [-0.4, -0.2) is 33.9 Å². The maximum absolute atomic E-state index is 12.0. The molecule has 2 unspecified atom stereocenters. The number of aliphatic hydroxyl groups is 1. The van der Waals surface area contributed by atoms with E-state index >= 15 is 0 Å². The second kappa shape index (κ2) is 6.50. The molecule has 0 radical (unpaired) electrons. The summed E-state index contributed by atoms with van der Waals surface area (Å²) in [7, 11) is 0. The van der Waals surface area contributed by atoms with Gasteiger partial charge in [-0.25, -0.2) is 0 Å². The molecule has 1 fully saturated rings. The summed E-state index contributed by atoms with van der Waals surface area (Å²) in [6.45, 7) is 0.427. The van der Waals surface area contributed by atoms with E-state index in [1.54, 1.807) is 0 Å². The third-order valence-corrected chi connectivity index (χ3v) is 3.82. The van der Waals surface area contributed by atoms with Crippen LogP contribution in [-0.2, 0) is 0 Å². The van der Waals surface area contributed by atoms with Crippen LogP contribution in [0.4, 0.5) is 0 Å². The molecule has 1 aliphatic carbocycles. The smallest absolute Gasteiger partial charge is 0.254 e. The van der Waals surface area contributed by atoms with Gasteiger partial charge in [0.15, 0.2) is 10.3 Å². The van der Waals surface area contributed by atoms with Crippen molar-refractivity contribution in [1.29, 1.82) is 0 Å².